The van der Waals surface area contributed by atoms with Gasteiger partial charge in [0.05, 0.1) is 0 Å². The molecular weight excluding hydrogens is 346 g/mol. The molecule has 1 aliphatic rings. The summed E-state index contributed by atoms with van der Waals surface area (Å²) in [6, 6.07) is 13.3. The first kappa shape index (κ1) is 15.1. The highest BCUT2D eigenvalue weighted by Gasteiger charge is 2.16. The number of likely N-dealkylation sites (N-methyl/N-ethyl adjacent to an activating group) is 1. The van der Waals surface area contributed by atoms with Gasteiger partial charge in [-0.25, -0.2) is 0 Å². The molecule has 3 heteroatoms. The SMILES string of the molecule is CNC(Cc1ccc(Br)cc1Cl)c1ccc2c(c1)CCC2. The predicted octanol–water partition coefficient (Wildman–Crippen LogP) is 5.09. The summed E-state index contributed by atoms with van der Waals surface area (Å²) in [5, 5.41) is 4.25. The Kier molecular flexibility index (Phi) is 4.68. The Hall–Kier alpha value is -0.830. The molecule has 0 fully saturated rings. The maximum Gasteiger partial charge on any atom is 0.0449 e. The maximum atomic E-state index is 6.35. The topological polar surface area (TPSA) is 12.0 Å². The Labute approximate surface area is 139 Å². The minimum absolute atomic E-state index is 0.301. The third-order valence-corrected chi connectivity index (χ3v) is 5.16. The van der Waals surface area contributed by atoms with E-state index in [1.165, 1.54) is 41.5 Å². The van der Waals surface area contributed by atoms with E-state index in [1.54, 1.807) is 0 Å². The zero-order valence-corrected chi connectivity index (χ0v) is 14.5. The fraction of sp³-hybridized carbons (Fsp3) is 0.333. The van der Waals surface area contributed by atoms with E-state index in [-0.39, 0.29) is 0 Å². The molecule has 1 nitrogen and oxygen atoms in total. The van der Waals surface area contributed by atoms with E-state index in [0.717, 1.165) is 15.9 Å². The van der Waals surface area contributed by atoms with Crippen molar-refractivity contribution in [1.29, 1.82) is 0 Å². The lowest BCUT2D eigenvalue weighted by Gasteiger charge is -2.19. The van der Waals surface area contributed by atoms with Gasteiger partial charge in [0.15, 0.2) is 0 Å². The van der Waals surface area contributed by atoms with Crippen LogP contribution in [-0.2, 0) is 19.3 Å². The van der Waals surface area contributed by atoms with Gasteiger partial charge < -0.3 is 5.32 Å². The van der Waals surface area contributed by atoms with Crippen molar-refractivity contribution in [2.75, 3.05) is 7.05 Å². The second-order valence-corrected chi connectivity index (χ2v) is 6.99. The molecule has 1 N–H and O–H groups in total. The number of benzene rings is 2. The molecule has 0 bridgehead atoms. The molecule has 110 valence electrons. The van der Waals surface area contributed by atoms with Gasteiger partial charge in [0.1, 0.15) is 0 Å². The van der Waals surface area contributed by atoms with E-state index in [2.05, 4.69) is 51.6 Å². The van der Waals surface area contributed by atoms with Gasteiger partial charge >= 0.3 is 0 Å². The third kappa shape index (κ3) is 3.33. The van der Waals surface area contributed by atoms with Gasteiger partial charge in [0.2, 0.25) is 0 Å². The zero-order valence-electron chi connectivity index (χ0n) is 12.1. The van der Waals surface area contributed by atoms with E-state index in [9.17, 15) is 0 Å². The van der Waals surface area contributed by atoms with E-state index < -0.39 is 0 Å². The van der Waals surface area contributed by atoms with Crippen molar-refractivity contribution in [2.45, 2.75) is 31.7 Å². The van der Waals surface area contributed by atoms with Gasteiger partial charge in [0, 0.05) is 15.5 Å². The van der Waals surface area contributed by atoms with Crippen LogP contribution in [0.15, 0.2) is 40.9 Å². The van der Waals surface area contributed by atoms with Crippen LogP contribution in [0.25, 0.3) is 0 Å². The van der Waals surface area contributed by atoms with E-state index in [0.29, 0.717) is 6.04 Å². The van der Waals surface area contributed by atoms with Gasteiger partial charge in [-0.1, -0.05) is 51.8 Å². The summed E-state index contributed by atoms with van der Waals surface area (Å²) >= 11 is 9.81. The maximum absolute atomic E-state index is 6.35. The average molecular weight is 365 g/mol. The molecule has 0 heterocycles. The van der Waals surface area contributed by atoms with Gasteiger partial charge in [-0.15, -0.1) is 0 Å². The number of aryl methyl sites for hydroxylation is 2. The fourth-order valence-electron chi connectivity index (χ4n) is 3.10. The summed E-state index contributed by atoms with van der Waals surface area (Å²) < 4.78 is 1.02. The van der Waals surface area contributed by atoms with Crippen LogP contribution >= 0.6 is 27.5 Å². The third-order valence-electron chi connectivity index (χ3n) is 4.31. The lowest BCUT2D eigenvalue weighted by atomic mass is 9.96. The first-order chi connectivity index (χ1) is 10.2. The quantitative estimate of drug-likeness (QED) is 0.796. The van der Waals surface area contributed by atoms with Crippen molar-refractivity contribution in [3.05, 3.63) is 68.1 Å². The molecule has 2 aromatic rings. The lowest BCUT2D eigenvalue weighted by Crippen LogP contribution is -2.19. The molecule has 0 saturated heterocycles. The lowest BCUT2D eigenvalue weighted by molar-refractivity contribution is 0.591. The smallest absolute Gasteiger partial charge is 0.0449 e. The molecule has 0 saturated carbocycles. The first-order valence-electron chi connectivity index (χ1n) is 7.40. The van der Waals surface area contributed by atoms with E-state index in [1.807, 2.05) is 13.1 Å². The molecule has 0 spiro atoms. The summed E-state index contributed by atoms with van der Waals surface area (Å²) in [6.45, 7) is 0. The minimum Gasteiger partial charge on any atom is -0.313 e. The van der Waals surface area contributed by atoms with Gasteiger partial charge in [-0.05, 0) is 67.1 Å². The molecule has 1 atom stereocenters. The van der Waals surface area contributed by atoms with Crippen molar-refractivity contribution in [3.8, 4) is 0 Å². The fourth-order valence-corrected chi connectivity index (χ4v) is 3.85. The van der Waals surface area contributed by atoms with Gasteiger partial charge in [0.25, 0.3) is 0 Å². The molecule has 1 aliphatic carbocycles. The average Bonchev–Trinajstić information content (AvgIpc) is 2.94. The first-order valence-corrected chi connectivity index (χ1v) is 8.57. The van der Waals surface area contributed by atoms with Crippen LogP contribution in [-0.4, -0.2) is 7.05 Å². The Morgan fingerprint density at radius 1 is 1.14 bits per heavy atom. The summed E-state index contributed by atoms with van der Waals surface area (Å²) in [5.41, 5.74) is 5.58. The molecule has 0 amide bonds. The molecular formula is C18H19BrClN. The van der Waals surface area contributed by atoms with Crippen LogP contribution < -0.4 is 5.32 Å². The standard InChI is InChI=1S/C18H19BrClN/c1-21-18(10-14-7-8-16(19)11-17(14)20)15-6-5-12-3-2-4-13(12)9-15/h5-9,11,18,21H,2-4,10H2,1H3. The number of hydrogen-bond acceptors (Lipinski definition) is 1. The molecule has 0 aliphatic heterocycles. The predicted molar refractivity (Wildman–Crippen MR) is 93.1 cm³/mol. The molecule has 2 aromatic carbocycles. The van der Waals surface area contributed by atoms with Crippen molar-refractivity contribution in [3.63, 3.8) is 0 Å². The zero-order chi connectivity index (χ0) is 14.8. The Morgan fingerprint density at radius 3 is 2.71 bits per heavy atom. The van der Waals surface area contributed by atoms with E-state index in [4.69, 9.17) is 11.6 Å². The summed E-state index contributed by atoms with van der Waals surface area (Å²) in [4.78, 5) is 0. The van der Waals surface area contributed by atoms with E-state index >= 15 is 0 Å². The molecule has 3 rings (SSSR count). The van der Waals surface area contributed by atoms with Crippen molar-refractivity contribution >= 4 is 27.5 Å². The minimum atomic E-state index is 0.301. The van der Waals surface area contributed by atoms with Crippen LogP contribution in [0.4, 0.5) is 0 Å². The van der Waals surface area contributed by atoms with Crippen LogP contribution in [0.2, 0.25) is 5.02 Å². The van der Waals surface area contributed by atoms with Crippen LogP contribution in [0, 0.1) is 0 Å². The molecule has 0 radical (unpaired) electrons. The van der Waals surface area contributed by atoms with Crippen molar-refractivity contribution < 1.29 is 0 Å². The van der Waals surface area contributed by atoms with Crippen molar-refractivity contribution in [1.82, 2.24) is 5.32 Å². The number of fused-ring (bicyclic) bond motifs is 1. The molecule has 1 unspecified atom stereocenters. The highest BCUT2D eigenvalue weighted by atomic mass is 79.9. The van der Waals surface area contributed by atoms with Gasteiger partial charge in [-0.3, -0.25) is 0 Å². The Bertz CT molecular complexity index is 654. The van der Waals surface area contributed by atoms with Crippen LogP contribution in [0.3, 0.4) is 0 Å². The summed E-state index contributed by atoms with van der Waals surface area (Å²) in [7, 11) is 2.02. The Morgan fingerprint density at radius 2 is 1.95 bits per heavy atom. The number of halogens is 2. The number of nitrogens with one attached hydrogen (secondary N) is 1. The van der Waals surface area contributed by atoms with Gasteiger partial charge in [-0.2, -0.15) is 0 Å². The van der Waals surface area contributed by atoms with Crippen molar-refractivity contribution in [2.24, 2.45) is 0 Å². The largest absolute Gasteiger partial charge is 0.313 e. The number of hydrogen-bond donors (Lipinski definition) is 1. The highest BCUT2D eigenvalue weighted by molar-refractivity contribution is 9.10. The second kappa shape index (κ2) is 6.51. The molecule has 21 heavy (non-hydrogen) atoms. The molecule has 0 aromatic heterocycles. The normalized spacial score (nSPS) is 15.0. The number of rotatable bonds is 4. The highest BCUT2D eigenvalue weighted by Crippen LogP contribution is 2.29. The summed E-state index contributed by atoms with van der Waals surface area (Å²) in [6.07, 6.45) is 4.65. The second-order valence-electron chi connectivity index (χ2n) is 5.66. The van der Waals surface area contributed by atoms with Crippen LogP contribution in [0.5, 0.6) is 0 Å². The monoisotopic (exact) mass is 363 g/mol. The van der Waals surface area contributed by atoms with Crippen LogP contribution in [0.1, 0.15) is 34.7 Å². The Balaban J connectivity index is 1.85. The summed E-state index contributed by atoms with van der Waals surface area (Å²) in [5.74, 6) is 0.